The van der Waals surface area contributed by atoms with Crippen molar-refractivity contribution in [3.8, 4) is 5.75 Å². The molecule has 0 aromatic heterocycles. The molecule has 0 saturated heterocycles. The predicted molar refractivity (Wildman–Crippen MR) is 69.7 cm³/mol. The molecule has 1 aromatic rings. The zero-order valence-electron chi connectivity index (χ0n) is 10.1. The smallest absolute Gasteiger partial charge is 0.170 e. The summed E-state index contributed by atoms with van der Waals surface area (Å²) in [6.45, 7) is 0. The maximum atomic E-state index is 5.92. The van der Waals surface area contributed by atoms with E-state index in [1.165, 1.54) is 24.0 Å². The molecule has 2 heterocycles. The van der Waals surface area contributed by atoms with Crippen LogP contribution in [0.25, 0.3) is 6.08 Å². The van der Waals surface area contributed by atoms with E-state index in [1.54, 1.807) is 6.26 Å². The SMILES string of the molecule is C1=C2Oc3ccccc3C=C2C2=C(CCCC2)O1. The van der Waals surface area contributed by atoms with Crippen molar-refractivity contribution in [1.82, 2.24) is 0 Å². The summed E-state index contributed by atoms with van der Waals surface area (Å²) in [7, 11) is 0. The average Bonchev–Trinajstić information content (AvgIpc) is 2.45. The lowest BCUT2D eigenvalue weighted by molar-refractivity contribution is 0.276. The van der Waals surface area contributed by atoms with E-state index in [1.807, 2.05) is 18.2 Å². The highest BCUT2D eigenvalue weighted by molar-refractivity contribution is 5.72. The summed E-state index contributed by atoms with van der Waals surface area (Å²) in [5.74, 6) is 2.91. The van der Waals surface area contributed by atoms with Gasteiger partial charge in [-0.2, -0.15) is 0 Å². The van der Waals surface area contributed by atoms with E-state index in [0.29, 0.717) is 0 Å². The minimum atomic E-state index is 0.856. The Hall–Kier alpha value is -1.96. The van der Waals surface area contributed by atoms with Gasteiger partial charge in [0.25, 0.3) is 0 Å². The third kappa shape index (κ3) is 1.42. The molecule has 0 radical (unpaired) electrons. The molecular formula is C16H14O2. The molecule has 2 nitrogen and oxygen atoms in total. The van der Waals surface area contributed by atoms with E-state index in [-0.39, 0.29) is 0 Å². The molecule has 2 aliphatic heterocycles. The lowest BCUT2D eigenvalue weighted by Gasteiger charge is -2.29. The summed E-state index contributed by atoms with van der Waals surface area (Å²) in [6.07, 6.45) is 8.61. The van der Waals surface area contributed by atoms with Gasteiger partial charge in [0, 0.05) is 23.1 Å². The van der Waals surface area contributed by atoms with E-state index >= 15 is 0 Å². The van der Waals surface area contributed by atoms with E-state index in [9.17, 15) is 0 Å². The van der Waals surface area contributed by atoms with E-state index in [0.717, 1.165) is 35.7 Å². The molecule has 4 rings (SSSR count). The summed E-state index contributed by atoms with van der Waals surface area (Å²) in [5.41, 5.74) is 3.71. The van der Waals surface area contributed by atoms with Crippen LogP contribution < -0.4 is 4.74 Å². The maximum Gasteiger partial charge on any atom is 0.170 e. The molecule has 1 aromatic carbocycles. The van der Waals surface area contributed by atoms with Crippen molar-refractivity contribution in [1.29, 1.82) is 0 Å². The van der Waals surface area contributed by atoms with E-state index < -0.39 is 0 Å². The van der Waals surface area contributed by atoms with Gasteiger partial charge in [-0.3, -0.25) is 0 Å². The van der Waals surface area contributed by atoms with Gasteiger partial charge in [-0.05, 0) is 31.4 Å². The zero-order chi connectivity index (χ0) is 11.9. The molecule has 0 amide bonds. The topological polar surface area (TPSA) is 18.5 Å². The zero-order valence-corrected chi connectivity index (χ0v) is 10.1. The number of fused-ring (bicyclic) bond motifs is 3. The van der Waals surface area contributed by atoms with Crippen molar-refractivity contribution in [3.63, 3.8) is 0 Å². The summed E-state index contributed by atoms with van der Waals surface area (Å²) in [6, 6.07) is 8.13. The van der Waals surface area contributed by atoms with Gasteiger partial charge in [0.1, 0.15) is 17.8 Å². The van der Waals surface area contributed by atoms with Crippen LogP contribution in [0, 0.1) is 0 Å². The van der Waals surface area contributed by atoms with Crippen molar-refractivity contribution in [2.45, 2.75) is 25.7 Å². The number of benzene rings is 1. The molecule has 0 atom stereocenters. The molecule has 2 heteroatoms. The number of allylic oxidation sites excluding steroid dienone is 2. The Balaban J connectivity index is 1.86. The molecule has 0 bridgehead atoms. The maximum absolute atomic E-state index is 5.92. The van der Waals surface area contributed by atoms with Crippen molar-refractivity contribution in [2.75, 3.05) is 0 Å². The summed E-state index contributed by atoms with van der Waals surface area (Å²) in [5, 5.41) is 0. The van der Waals surface area contributed by atoms with Crippen LogP contribution >= 0.6 is 0 Å². The van der Waals surface area contributed by atoms with E-state index in [4.69, 9.17) is 9.47 Å². The summed E-state index contributed by atoms with van der Waals surface area (Å²) in [4.78, 5) is 0. The van der Waals surface area contributed by atoms with Crippen LogP contribution in [-0.4, -0.2) is 0 Å². The fourth-order valence-corrected chi connectivity index (χ4v) is 2.83. The Morgan fingerprint density at radius 3 is 2.89 bits per heavy atom. The molecule has 0 N–H and O–H groups in total. The molecule has 0 spiro atoms. The van der Waals surface area contributed by atoms with Crippen LogP contribution in [0.1, 0.15) is 31.2 Å². The van der Waals surface area contributed by atoms with Gasteiger partial charge < -0.3 is 9.47 Å². The average molecular weight is 238 g/mol. The first kappa shape index (κ1) is 10.0. The third-order valence-electron chi connectivity index (χ3n) is 3.75. The van der Waals surface area contributed by atoms with Crippen molar-refractivity contribution in [2.24, 2.45) is 0 Å². The lowest BCUT2D eigenvalue weighted by atomic mass is 9.88. The van der Waals surface area contributed by atoms with Crippen LogP contribution in [0.5, 0.6) is 5.75 Å². The van der Waals surface area contributed by atoms with Crippen LogP contribution in [0.15, 0.2) is 53.2 Å². The number of hydrogen-bond acceptors (Lipinski definition) is 2. The normalized spacial score (nSPS) is 20.7. The highest BCUT2D eigenvalue weighted by Gasteiger charge is 2.28. The lowest BCUT2D eigenvalue weighted by Crippen LogP contribution is -2.15. The van der Waals surface area contributed by atoms with Gasteiger partial charge in [-0.25, -0.2) is 0 Å². The van der Waals surface area contributed by atoms with Crippen LogP contribution in [0.4, 0.5) is 0 Å². The molecule has 1 aliphatic carbocycles. The van der Waals surface area contributed by atoms with Gasteiger partial charge >= 0.3 is 0 Å². The standard InChI is InChI=1S/C16H14O2/c1-3-7-14-11(5-1)9-13-12-6-2-4-8-15(12)17-10-16(13)18-14/h1,3,5,7,9-10H,2,4,6,8H2. The van der Waals surface area contributed by atoms with Gasteiger partial charge in [0.2, 0.25) is 0 Å². The molecule has 90 valence electrons. The van der Waals surface area contributed by atoms with Gasteiger partial charge in [0.05, 0.1) is 0 Å². The predicted octanol–water partition coefficient (Wildman–Crippen LogP) is 4.16. The fourth-order valence-electron chi connectivity index (χ4n) is 2.83. The second-order valence-corrected chi connectivity index (χ2v) is 4.91. The van der Waals surface area contributed by atoms with Crippen LogP contribution in [0.3, 0.4) is 0 Å². The first-order chi connectivity index (χ1) is 8.92. The van der Waals surface area contributed by atoms with Crippen molar-refractivity contribution in [3.05, 3.63) is 58.8 Å². The molecule has 18 heavy (non-hydrogen) atoms. The second kappa shape index (κ2) is 3.77. The molecule has 0 saturated carbocycles. The number of ether oxygens (including phenoxy) is 2. The highest BCUT2D eigenvalue weighted by atomic mass is 16.5. The third-order valence-corrected chi connectivity index (χ3v) is 3.75. The number of hydrogen-bond donors (Lipinski definition) is 0. The quantitative estimate of drug-likeness (QED) is 0.675. The molecule has 3 aliphatic rings. The van der Waals surface area contributed by atoms with E-state index in [2.05, 4.69) is 12.1 Å². The summed E-state index contributed by atoms with van der Waals surface area (Å²) < 4.78 is 11.6. The van der Waals surface area contributed by atoms with Crippen LogP contribution in [-0.2, 0) is 4.74 Å². The monoisotopic (exact) mass is 238 g/mol. The van der Waals surface area contributed by atoms with Gasteiger partial charge in [0.15, 0.2) is 5.76 Å². The molecular weight excluding hydrogens is 224 g/mol. The van der Waals surface area contributed by atoms with Crippen molar-refractivity contribution < 1.29 is 9.47 Å². The Morgan fingerprint density at radius 1 is 1.00 bits per heavy atom. The second-order valence-electron chi connectivity index (χ2n) is 4.91. The molecule has 0 unspecified atom stereocenters. The van der Waals surface area contributed by atoms with Crippen molar-refractivity contribution >= 4 is 6.08 Å². The van der Waals surface area contributed by atoms with Gasteiger partial charge in [-0.15, -0.1) is 0 Å². The molecule has 0 fully saturated rings. The fraction of sp³-hybridized carbons (Fsp3) is 0.250. The number of rotatable bonds is 0. The largest absolute Gasteiger partial charge is 0.465 e. The highest BCUT2D eigenvalue weighted by Crippen LogP contribution is 2.42. The number of para-hydroxylation sites is 1. The minimum Gasteiger partial charge on any atom is -0.465 e. The Labute approximate surface area is 106 Å². The summed E-state index contributed by atoms with van der Waals surface area (Å²) >= 11 is 0. The minimum absolute atomic E-state index is 0.856. The van der Waals surface area contributed by atoms with Crippen LogP contribution in [0.2, 0.25) is 0 Å². The Bertz CT molecular complexity index is 605. The first-order valence-electron chi connectivity index (χ1n) is 6.50. The first-order valence-corrected chi connectivity index (χ1v) is 6.50. The Morgan fingerprint density at radius 2 is 1.89 bits per heavy atom. The Kier molecular flexibility index (Phi) is 2.10. The van der Waals surface area contributed by atoms with Gasteiger partial charge in [-0.1, -0.05) is 18.2 Å².